The van der Waals surface area contributed by atoms with Crippen LogP contribution in [0.5, 0.6) is 0 Å². The van der Waals surface area contributed by atoms with Crippen LogP contribution in [0.3, 0.4) is 0 Å². The largest absolute Gasteiger partial charge is 0.372 e. The van der Waals surface area contributed by atoms with E-state index in [-0.39, 0.29) is 0 Å². The van der Waals surface area contributed by atoms with Gasteiger partial charge in [-0.3, -0.25) is 0 Å². The molecular weight excluding hydrogens is 377 g/mol. The van der Waals surface area contributed by atoms with E-state index >= 15 is 0 Å². The molecule has 1 aliphatic rings. The molecule has 0 amide bonds. The van der Waals surface area contributed by atoms with Crippen LogP contribution in [0.2, 0.25) is 0 Å². The van der Waals surface area contributed by atoms with Gasteiger partial charge in [0.25, 0.3) is 0 Å². The molecule has 6 heteroatoms. The van der Waals surface area contributed by atoms with Gasteiger partial charge in [-0.15, -0.1) is 0 Å². The van der Waals surface area contributed by atoms with Crippen molar-refractivity contribution in [2.24, 2.45) is 5.92 Å². The molecule has 1 fully saturated rings. The fraction of sp³-hybridized carbons (Fsp3) is 0.533. The Balaban J connectivity index is 2.07. The zero-order chi connectivity index (χ0) is 15.0. The molecule has 0 unspecified atom stereocenters. The van der Waals surface area contributed by atoms with Crippen molar-refractivity contribution in [2.75, 3.05) is 12.4 Å². The van der Waals surface area contributed by atoms with Crippen molar-refractivity contribution < 1.29 is 0 Å². The summed E-state index contributed by atoms with van der Waals surface area (Å²) in [6.45, 7) is 4.43. The first-order valence-electron chi connectivity index (χ1n) is 7.36. The molecule has 0 aliphatic heterocycles. The van der Waals surface area contributed by atoms with Crippen LogP contribution in [-0.2, 0) is 6.42 Å². The number of rotatable bonds is 5. The maximum absolute atomic E-state index is 4.81. The normalized spacial score (nSPS) is 14.7. The second kappa shape index (κ2) is 5.90. The van der Waals surface area contributed by atoms with Crippen molar-refractivity contribution >= 4 is 28.4 Å². The molecule has 0 bridgehead atoms. The lowest BCUT2D eigenvalue weighted by atomic mass is 10.1. The smallest absolute Gasteiger partial charge is 0.180 e. The number of hydrogen-bond acceptors (Lipinski definition) is 4. The molecular formula is C15H20IN5. The third-order valence-corrected chi connectivity index (χ3v) is 4.73. The Morgan fingerprint density at radius 3 is 2.76 bits per heavy atom. The highest BCUT2D eigenvalue weighted by Crippen LogP contribution is 2.38. The van der Waals surface area contributed by atoms with Crippen molar-refractivity contribution in [1.82, 2.24) is 19.5 Å². The standard InChI is InChI=1S/C15H20IN5/c1-9(2)6-11-13(16)15(17-3)20-14(19-11)12-7-18-8-21(12)10-4-5-10/h7-10H,4-6H2,1-3H3,(H,17,19,20). The minimum Gasteiger partial charge on any atom is -0.372 e. The van der Waals surface area contributed by atoms with E-state index in [0.717, 1.165) is 33.0 Å². The van der Waals surface area contributed by atoms with Crippen LogP contribution in [0.1, 0.15) is 38.4 Å². The number of anilines is 1. The first-order valence-corrected chi connectivity index (χ1v) is 8.44. The average molecular weight is 397 g/mol. The Kier molecular flexibility index (Phi) is 4.14. The third-order valence-electron chi connectivity index (χ3n) is 3.59. The van der Waals surface area contributed by atoms with Crippen LogP contribution in [0.25, 0.3) is 11.5 Å². The van der Waals surface area contributed by atoms with Crippen molar-refractivity contribution in [3.63, 3.8) is 0 Å². The van der Waals surface area contributed by atoms with Crippen molar-refractivity contribution in [3.05, 3.63) is 21.8 Å². The molecule has 0 atom stereocenters. The van der Waals surface area contributed by atoms with Gasteiger partial charge >= 0.3 is 0 Å². The fourth-order valence-corrected chi connectivity index (χ4v) is 3.15. The van der Waals surface area contributed by atoms with Crippen molar-refractivity contribution in [1.29, 1.82) is 0 Å². The van der Waals surface area contributed by atoms with Crippen LogP contribution in [0.4, 0.5) is 5.82 Å². The van der Waals surface area contributed by atoms with Crippen LogP contribution in [0.15, 0.2) is 12.5 Å². The highest BCUT2D eigenvalue weighted by atomic mass is 127. The molecule has 2 heterocycles. The van der Waals surface area contributed by atoms with Gasteiger partial charge in [0.1, 0.15) is 11.5 Å². The van der Waals surface area contributed by atoms with Gasteiger partial charge in [-0.1, -0.05) is 13.8 Å². The molecule has 0 aromatic carbocycles. The fourth-order valence-electron chi connectivity index (χ4n) is 2.42. The van der Waals surface area contributed by atoms with E-state index in [1.807, 2.05) is 19.6 Å². The molecule has 1 saturated carbocycles. The molecule has 5 nitrogen and oxygen atoms in total. The molecule has 0 spiro atoms. The number of nitrogens with one attached hydrogen (secondary N) is 1. The summed E-state index contributed by atoms with van der Waals surface area (Å²) < 4.78 is 3.32. The van der Waals surface area contributed by atoms with E-state index < -0.39 is 0 Å². The lowest BCUT2D eigenvalue weighted by Crippen LogP contribution is -2.09. The third kappa shape index (κ3) is 3.04. The summed E-state index contributed by atoms with van der Waals surface area (Å²) in [5.41, 5.74) is 2.14. The lowest BCUT2D eigenvalue weighted by Gasteiger charge is -2.13. The van der Waals surface area contributed by atoms with Crippen molar-refractivity contribution in [2.45, 2.75) is 39.2 Å². The van der Waals surface area contributed by atoms with Crippen LogP contribution in [0, 0.1) is 9.49 Å². The van der Waals surface area contributed by atoms with E-state index in [9.17, 15) is 0 Å². The minimum atomic E-state index is 0.569. The Morgan fingerprint density at radius 1 is 1.38 bits per heavy atom. The number of imidazole rings is 1. The maximum atomic E-state index is 4.81. The van der Waals surface area contributed by atoms with Gasteiger partial charge in [-0.05, 0) is 47.8 Å². The van der Waals surface area contributed by atoms with Gasteiger partial charge in [-0.25, -0.2) is 15.0 Å². The minimum absolute atomic E-state index is 0.569. The number of nitrogens with zero attached hydrogens (tertiary/aromatic N) is 4. The Bertz CT molecular complexity index is 646. The predicted molar refractivity (Wildman–Crippen MR) is 92.3 cm³/mol. The Morgan fingerprint density at radius 2 is 2.14 bits per heavy atom. The zero-order valence-electron chi connectivity index (χ0n) is 12.6. The SMILES string of the molecule is CNc1nc(-c2cncn2C2CC2)nc(CC(C)C)c1I. The molecule has 112 valence electrons. The van der Waals surface area contributed by atoms with E-state index in [1.54, 1.807) is 0 Å². The van der Waals surface area contributed by atoms with E-state index in [1.165, 1.54) is 12.8 Å². The summed E-state index contributed by atoms with van der Waals surface area (Å²) in [4.78, 5) is 13.8. The van der Waals surface area contributed by atoms with E-state index in [2.05, 4.69) is 56.3 Å². The van der Waals surface area contributed by atoms with Crippen LogP contribution >= 0.6 is 22.6 Å². The number of aromatic nitrogens is 4. The second-order valence-electron chi connectivity index (χ2n) is 5.92. The molecule has 21 heavy (non-hydrogen) atoms. The van der Waals surface area contributed by atoms with Gasteiger partial charge in [-0.2, -0.15) is 0 Å². The van der Waals surface area contributed by atoms with Crippen molar-refractivity contribution in [3.8, 4) is 11.5 Å². The zero-order valence-corrected chi connectivity index (χ0v) is 14.8. The molecule has 1 aliphatic carbocycles. The first-order chi connectivity index (χ1) is 10.1. The molecule has 2 aromatic rings. The average Bonchev–Trinajstić information content (AvgIpc) is 3.18. The summed E-state index contributed by atoms with van der Waals surface area (Å²) in [7, 11) is 1.91. The number of hydrogen-bond donors (Lipinski definition) is 1. The molecule has 1 N–H and O–H groups in total. The topological polar surface area (TPSA) is 55.6 Å². The number of halogens is 1. The monoisotopic (exact) mass is 397 g/mol. The predicted octanol–water partition coefficient (Wildman–Crippen LogP) is 3.52. The summed E-state index contributed by atoms with van der Waals surface area (Å²) in [6.07, 6.45) is 7.19. The van der Waals surface area contributed by atoms with E-state index in [4.69, 9.17) is 4.98 Å². The summed E-state index contributed by atoms with van der Waals surface area (Å²) in [5, 5.41) is 3.19. The van der Waals surface area contributed by atoms with Gasteiger partial charge in [0.15, 0.2) is 5.82 Å². The first kappa shape index (κ1) is 14.7. The quantitative estimate of drug-likeness (QED) is 0.785. The molecule has 0 saturated heterocycles. The van der Waals surface area contributed by atoms with Gasteiger partial charge in [0.2, 0.25) is 0 Å². The lowest BCUT2D eigenvalue weighted by molar-refractivity contribution is 0.631. The van der Waals surface area contributed by atoms with E-state index in [0.29, 0.717) is 12.0 Å². The van der Waals surface area contributed by atoms with Crippen LogP contribution < -0.4 is 5.32 Å². The van der Waals surface area contributed by atoms with Gasteiger partial charge in [0, 0.05) is 13.1 Å². The summed E-state index contributed by atoms with van der Waals surface area (Å²) in [5.74, 6) is 2.25. The highest BCUT2D eigenvalue weighted by Gasteiger charge is 2.27. The molecule has 2 aromatic heterocycles. The van der Waals surface area contributed by atoms with Gasteiger partial charge < -0.3 is 9.88 Å². The van der Waals surface area contributed by atoms with Gasteiger partial charge in [0.05, 0.1) is 21.8 Å². The second-order valence-corrected chi connectivity index (χ2v) is 7.00. The molecule has 0 radical (unpaired) electrons. The highest BCUT2D eigenvalue weighted by molar-refractivity contribution is 14.1. The summed E-state index contributed by atoms with van der Waals surface area (Å²) >= 11 is 2.33. The Hall–Kier alpha value is -1.18. The Labute approximate surface area is 138 Å². The van der Waals surface area contributed by atoms with Crippen LogP contribution in [-0.4, -0.2) is 26.6 Å². The summed E-state index contributed by atoms with van der Waals surface area (Å²) in [6, 6.07) is 0.581. The maximum Gasteiger partial charge on any atom is 0.180 e. The molecule has 3 rings (SSSR count).